The number of hydrogen-bond donors (Lipinski definition) is 0. The van der Waals surface area contributed by atoms with E-state index in [0.717, 1.165) is 41.4 Å². The van der Waals surface area contributed by atoms with E-state index >= 15 is 0 Å². The fourth-order valence-corrected chi connectivity index (χ4v) is 6.42. The maximum absolute atomic E-state index is 14.1. The Morgan fingerprint density at radius 3 is 2.74 bits per heavy atom. The molecule has 1 aliphatic carbocycles. The van der Waals surface area contributed by atoms with Gasteiger partial charge in [-0.3, -0.25) is 9.78 Å². The number of hydrogen-bond acceptors (Lipinski definition) is 7. The lowest BCUT2D eigenvalue weighted by Gasteiger charge is -2.49. The van der Waals surface area contributed by atoms with E-state index in [4.69, 9.17) is 0 Å². The maximum atomic E-state index is 14.1. The average molecular weight is 490 g/mol. The molecule has 178 valence electrons. The Hall–Kier alpha value is -3.37. The molecule has 2 unspecified atom stereocenters. The first-order valence-corrected chi connectivity index (χ1v) is 12.4. The number of carbonyl (C=O) groups is 1. The van der Waals surface area contributed by atoms with E-state index in [1.165, 1.54) is 12.1 Å². The van der Waals surface area contributed by atoms with Crippen LogP contribution in [0.3, 0.4) is 0 Å². The van der Waals surface area contributed by atoms with Crippen LogP contribution in [0.25, 0.3) is 5.69 Å². The minimum Gasteiger partial charge on any atom is -0.292 e. The highest BCUT2D eigenvalue weighted by Crippen LogP contribution is 2.49. The van der Waals surface area contributed by atoms with Crippen LogP contribution in [0.5, 0.6) is 0 Å². The van der Waals surface area contributed by atoms with Crippen LogP contribution < -0.4 is 0 Å². The van der Waals surface area contributed by atoms with E-state index < -0.39 is 5.41 Å². The summed E-state index contributed by atoms with van der Waals surface area (Å²) in [5, 5.41) is 14.0. The molecule has 0 saturated carbocycles. The monoisotopic (exact) mass is 489 g/mol. The highest BCUT2D eigenvalue weighted by Gasteiger charge is 2.53. The number of aryl methyl sites for hydroxylation is 1. The Morgan fingerprint density at radius 1 is 1.14 bits per heavy atom. The summed E-state index contributed by atoms with van der Waals surface area (Å²) >= 11 is 1.55. The van der Waals surface area contributed by atoms with Crippen molar-refractivity contribution >= 4 is 17.7 Å². The second kappa shape index (κ2) is 8.69. The normalized spacial score (nSPS) is 21.9. The van der Waals surface area contributed by atoms with Crippen LogP contribution in [0, 0.1) is 17.2 Å². The van der Waals surface area contributed by atoms with Crippen molar-refractivity contribution in [2.75, 3.05) is 13.1 Å². The van der Waals surface area contributed by atoms with E-state index in [2.05, 4.69) is 24.6 Å². The molecule has 1 aromatic carbocycles. The van der Waals surface area contributed by atoms with Crippen molar-refractivity contribution in [3.63, 3.8) is 0 Å². The Morgan fingerprint density at radius 2 is 2.00 bits per heavy atom. The van der Waals surface area contributed by atoms with Gasteiger partial charge in [-0.2, -0.15) is 15.0 Å². The second-order valence-electron chi connectivity index (χ2n) is 9.20. The van der Waals surface area contributed by atoms with Crippen molar-refractivity contribution in [3.05, 3.63) is 83.8 Å². The number of carbonyl (C=O) groups excluding carboxylic acids is 1. The van der Waals surface area contributed by atoms with E-state index in [0.29, 0.717) is 18.7 Å². The van der Waals surface area contributed by atoms with Gasteiger partial charge in [-0.25, -0.2) is 13.4 Å². The number of piperidine rings is 1. The van der Waals surface area contributed by atoms with E-state index in [-0.39, 0.29) is 17.5 Å². The predicted octanol–water partition coefficient (Wildman–Crippen LogP) is 3.53. The van der Waals surface area contributed by atoms with Crippen molar-refractivity contribution < 1.29 is 9.18 Å². The first-order valence-electron chi connectivity index (χ1n) is 11.6. The molecule has 8 nitrogen and oxygen atoms in total. The number of benzene rings is 1. The molecule has 0 N–H and O–H groups in total. The van der Waals surface area contributed by atoms with Crippen LogP contribution in [0.15, 0.2) is 66.1 Å². The van der Waals surface area contributed by atoms with Gasteiger partial charge in [0.15, 0.2) is 10.8 Å². The number of pyridine rings is 1. The second-order valence-corrected chi connectivity index (χ2v) is 10.3. The van der Waals surface area contributed by atoms with E-state index in [1.54, 1.807) is 54.4 Å². The van der Waals surface area contributed by atoms with Crippen molar-refractivity contribution in [2.24, 2.45) is 18.4 Å². The lowest BCUT2D eigenvalue weighted by Crippen LogP contribution is -2.55. The highest BCUT2D eigenvalue weighted by atomic mass is 32.2. The summed E-state index contributed by atoms with van der Waals surface area (Å²) in [6.07, 6.45) is 7.46. The minimum atomic E-state index is -0.620. The molecule has 1 fully saturated rings. The number of rotatable bonds is 5. The fraction of sp³-hybridized carbons (Fsp3) is 0.320. The zero-order valence-corrected chi connectivity index (χ0v) is 20.0. The molecule has 4 aromatic rings. The lowest BCUT2D eigenvalue weighted by atomic mass is 9.60. The summed E-state index contributed by atoms with van der Waals surface area (Å²) in [6, 6.07) is 11.9. The first kappa shape index (κ1) is 22.1. The molecule has 35 heavy (non-hydrogen) atoms. The number of Topliss-reactive ketones (excluding diaryl/α,β-unsaturated/α-hetero) is 1. The molecule has 3 aromatic heterocycles. The summed E-state index contributed by atoms with van der Waals surface area (Å²) in [5.41, 5.74) is 2.86. The van der Waals surface area contributed by atoms with E-state index in [1.807, 2.05) is 23.0 Å². The van der Waals surface area contributed by atoms with Crippen molar-refractivity contribution in [1.29, 1.82) is 0 Å². The van der Waals surface area contributed by atoms with Gasteiger partial charge >= 0.3 is 0 Å². The Bertz CT molecular complexity index is 1370. The van der Waals surface area contributed by atoms with E-state index in [9.17, 15) is 9.18 Å². The molecular weight excluding hydrogens is 465 g/mol. The number of ketones is 1. The molecule has 0 amide bonds. The zero-order valence-electron chi connectivity index (χ0n) is 19.2. The van der Waals surface area contributed by atoms with Gasteiger partial charge in [-0.15, -0.1) is 5.10 Å². The van der Waals surface area contributed by atoms with Crippen LogP contribution >= 0.6 is 11.9 Å². The molecule has 4 heterocycles. The number of fused-ring (bicyclic) bond motifs is 2. The molecule has 0 spiro atoms. The predicted molar refractivity (Wildman–Crippen MR) is 128 cm³/mol. The van der Waals surface area contributed by atoms with Gasteiger partial charge in [0, 0.05) is 32.0 Å². The molecule has 6 rings (SSSR count). The molecule has 1 aliphatic heterocycles. The standard InChI is InChI=1S/C25H24FN7OS/c1-31-28-15-23(30-31)35-32-11-9-18-12-22-17(14-29-33(22)20-7-5-19(26)6-8-20)13-25(18,16-32)24(34)21-4-2-3-10-27-21/h2-8,10,14-15,18H,9,11-13,16H2,1H3. The minimum absolute atomic E-state index is 0.0766. The topological polar surface area (TPSA) is 81.7 Å². The third-order valence-corrected chi connectivity index (χ3v) is 8.03. The van der Waals surface area contributed by atoms with Crippen molar-refractivity contribution in [3.8, 4) is 5.69 Å². The summed E-state index contributed by atoms with van der Waals surface area (Å²) < 4.78 is 17.6. The Labute approximate surface area is 206 Å². The average Bonchev–Trinajstić information content (AvgIpc) is 3.48. The summed E-state index contributed by atoms with van der Waals surface area (Å²) in [5.74, 6) is -0.0606. The third kappa shape index (κ3) is 3.96. The molecule has 0 bridgehead atoms. The summed E-state index contributed by atoms with van der Waals surface area (Å²) in [4.78, 5) is 20.0. The Balaban J connectivity index is 1.37. The zero-order chi connectivity index (χ0) is 24.0. The third-order valence-electron chi connectivity index (χ3n) is 7.09. The van der Waals surface area contributed by atoms with Gasteiger partial charge in [0.25, 0.3) is 0 Å². The number of nitrogens with zero attached hydrogens (tertiary/aromatic N) is 7. The molecule has 2 aliphatic rings. The first-order chi connectivity index (χ1) is 17.0. The molecule has 10 heteroatoms. The van der Waals surface area contributed by atoms with Gasteiger partial charge in [0.2, 0.25) is 0 Å². The molecular formula is C25H24FN7OS. The summed E-state index contributed by atoms with van der Waals surface area (Å²) in [7, 11) is 1.80. The number of halogens is 1. The van der Waals surface area contributed by atoms with Crippen LogP contribution in [0.4, 0.5) is 4.39 Å². The van der Waals surface area contributed by atoms with Gasteiger partial charge in [0.1, 0.15) is 11.5 Å². The highest BCUT2D eigenvalue weighted by molar-refractivity contribution is 7.97. The van der Waals surface area contributed by atoms with Crippen LogP contribution in [-0.2, 0) is 19.9 Å². The van der Waals surface area contributed by atoms with Crippen molar-refractivity contribution in [1.82, 2.24) is 34.1 Å². The summed E-state index contributed by atoms with van der Waals surface area (Å²) in [6.45, 7) is 1.43. The number of aromatic nitrogens is 6. The van der Waals surface area contributed by atoms with Crippen LogP contribution in [0.1, 0.15) is 28.2 Å². The molecule has 0 radical (unpaired) electrons. The molecule has 1 saturated heterocycles. The van der Waals surface area contributed by atoms with Gasteiger partial charge in [0.05, 0.1) is 23.5 Å². The Kier molecular flexibility index (Phi) is 5.49. The largest absolute Gasteiger partial charge is 0.292 e. The lowest BCUT2D eigenvalue weighted by molar-refractivity contribution is 0.0411. The quantitative estimate of drug-likeness (QED) is 0.313. The van der Waals surface area contributed by atoms with Gasteiger partial charge < -0.3 is 0 Å². The van der Waals surface area contributed by atoms with Gasteiger partial charge in [-0.1, -0.05) is 6.07 Å². The van der Waals surface area contributed by atoms with Crippen molar-refractivity contribution in [2.45, 2.75) is 24.3 Å². The maximum Gasteiger partial charge on any atom is 0.189 e. The van der Waals surface area contributed by atoms with Crippen LogP contribution in [-0.4, -0.2) is 52.9 Å². The van der Waals surface area contributed by atoms with Gasteiger partial charge in [-0.05, 0) is 79.1 Å². The molecule has 2 atom stereocenters. The fourth-order valence-electron chi connectivity index (χ4n) is 5.42. The smallest absolute Gasteiger partial charge is 0.189 e. The van der Waals surface area contributed by atoms with Crippen LogP contribution in [0.2, 0.25) is 0 Å². The SMILES string of the molecule is Cn1ncc(SN2CCC3Cc4c(cnn4-c4ccc(F)cc4)CC3(C(=O)c3ccccn3)C2)n1.